The van der Waals surface area contributed by atoms with Gasteiger partial charge in [-0.15, -0.1) is 0 Å². The number of halogens is 2. The lowest BCUT2D eigenvalue weighted by Crippen LogP contribution is -1.96. The van der Waals surface area contributed by atoms with Crippen molar-refractivity contribution in [1.82, 2.24) is 0 Å². The molecule has 0 saturated carbocycles. The summed E-state index contributed by atoms with van der Waals surface area (Å²) in [5, 5.41) is 14.3. The van der Waals surface area contributed by atoms with Crippen LogP contribution in [-0.4, -0.2) is 4.92 Å². The molecule has 0 spiro atoms. The van der Waals surface area contributed by atoms with E-state index in [1.54, 1.807) is 18.2 Å². The molecule has 0 bridgehead atoms. The number of nitrogens with two attached hydrogens (primary N) is 1. The van der Waals surface area contributed by atoms with E-state index in [2.05, 4.69) is 21.2 Å². The SMILES string of the molecule is Nc1cc(Nc2ccc(Br)cc2Cl)cc([N+](=O)[O-])c1. The Balaban J connectivity index is 2.35. The molecule has 0 saturated heterocycles. The minimum Gasteiger partial charge on any atom is -0.398 e. The van der Waals surface area contributed by atoms with Gasteiger partial charge in [-0.25, -0.2) is 0 Å². The third kappa shape index (κ3) is 3.36. The Kier molecular flexibility index (Phi) is 3.92. The number of non-ortho nitro benzene ring substituents is 1. The molecule has 0 heterocycles. The van der Waals surface area contributed by atoms with Gasteiger partial charge in [-0.3, -0.25) is 10.1 Å². The third-order valence-electron chi connectivity index (χ3n) is 2.36. The van der Waals surface area contributed by atoms with Crippen LogP contribution in [0.15, 0.2) is 40.9 Å². The zero-order chi connectivity index (χ0) is 14.0. The van der Waals surface area contributed by atoms with Crippen LogP contribution in [0.25, 0.3) is 0 Å². The van der Waals surface area contributed by atoms with Gasteiger partial charge in [-0.1, -0.05) is 27.5 Å². The summed E-state index contributed by atoms with van der Waals surface area (Å²) < 4.78 is 0.849. The Hall–Kier alpha value is -1.79. The molecule has 98 valence electrons. The maximum Gasteiger partial charge on any atom is 0.273 e. The van der Waals surface area contributed by atoms with Crippen LogP contribution in [0, 0.1) is 10.1 Å². The number of nitro groups is 1. The van der Waals surface area contributed by atoms with Gasteiger partial charge in [0.25, 0.3) is 5.69 Å². The van der Waals surface area contributed by atoms with Gasteiger partial charge in [0.05, 0.1) is 15.6 Å². The van der Waals surface area contributed by atoms with E-state index < -0.39 is 4.92 Å². The van der Waals surface area contributed by atoms with Crippen molar-refractivity contribution in [3.05, 3.63) is 56.0 Å². The van der Waals surface area contributed by atoms with Gasteiger partial charge in [-0.2, -0.15) is 0 Å². The van der Waals surface area contributed by atoms with Crippen LogP contribution >= 0.6 is 27.5 Å². The van der Waals surface area contributed by atoms with Crippen molar-refractivity contribution in [2.75, 3.05) is 11.1 Å². The number of rotatable bonds is 3. The van der Waals surface area contributed by atoms with Crippen LogP contribution in [0.1, 0.15) is 0 Å². The minimum absolute atomic E-state index is 0.0734. The van der Waals surface area contributed by atoms with E-state index >= 15 is 0 Å². The molecule has 0 fully saturated rings. The van der Waals surface area contributed by atoms with Gasteiger partial charge in [0.1, 0.15) is 0 Å². The first-order chi connectivity index (χ1) is 8.95. The summed E-state index contributed by atoms with van der Waals surface area (Å²) in [6.45, 7) is 0. The molecule has 7 heteroatoms. The van der Waals surface area contributed by atoms with Gasteiger partial charge in [0.2, 0.25) is 0 Å². The van der Waals surface area contributed by atoms with Crippen LogP contribution in [-0.2, 0) is 0 Å². The van der Waals surface area contributed by atoms with E-state index in [1.807, 2.05) is 6.07 Å². The predicted molar refractivity (Wildman–Crippen MR) is 79.9 cm³/mol. The number of hydrogen-bond acceptors (Lipinski definition) is 4. The van der Waals surface area contributed by atoms with E-state index in [1.165, 1.54) is 12.1 Å². The molecular formula is C12H9BrClN3O2. The number of benzene rings is 2. The second-order valence-electron chi connectivity index (χ2n) is 3.82. The standard InChI is InChI=1S/C12H9BrClN3O2/c13-7-1-2-12(11(14)3-7)16-9-4-8(15)5-10(6-9)17(18)19/h1-6,16H,15H2. The summed E-state index contributed by atoms with van der Waals surface area (Å²) in [5.41, 5.74) is 7.02. The van der Waals surface area contributed by atoms with Crippen molar-refractivity contribution in [3.63, 3.8) is 0 Å². The van der Waals surface area contributed by atoms with Crippen LogP contribution in [0.2, 0.25) is 5.02 Å². The summed E-state index contributed by atoms with van der Waals surface area (Å²) >= 11 is 9.37. The Morgan fingerprint density at radius 2 is 2.00 bits per heavy atom. The molecular weight excluding hydrogens is 334 g/mol. The predicted octanol–water partition coefficient (Wildman–Crippen LogP) is 4.34. The smallest absolute Gasteiger partial charge is 0.273 e. The Bertz CT molecular complexity index is 649. The highest BCUT2D eigenvalue weighted by atomic mass is 79.9. The molecule has 3 N–H and O–H groups in total. The van der Waals surface area contributed by atoms with E-state index in [0.29, 0.717) is 22.1 Å². The van der Waals surface area contributed by atoms with Crippen molar-refractivity contribution in [2.45, 2.75) is 0 Å². The number of nitrogens with one attached hydrogen (secondary N) is 1. The lowest BCUT2D eigenvalue weighted by molar-refractivity contribution is -0.384. The Morgan fingerprint density at radius 1 is 1.26 bits per heavy atom. The summed E-state index contributed by atoms with van der Waals surface area (Å²) in [5.74, 6) is 0. The fourth-order valence-corrected chi connectivity index (χ4v) is 2.28. The van der Waals surface area contributed by atoms with Crippen LogP contribution < -0.4 is 11.1 Å². The lowest BCUT2D eigenvalue weighted by atomic mass is 10.2. The van der Waals surface area contributed by atoms with Crippen molar-refractivity contribution < 1.29 is 4.92 Å². The Labute approximate surface area is 122 Å². The maximum absolute atomic E-state index is 10.8. The van der Waals surface area contributed by atoms with E-state index in [4.69, 9.17) is 17.3 Å². The normalized spacial score (nSPS) is 10.2. The van der Waals surface area contributed by atoms with Gasteiger partial charge in [0.15, 0.2) is 0 Å². The number of nitrogens with zero attached hydrogens (tertiary/aromatic N) is 1. The van der Waals surface area contributed by atoms with E-state index in [-0.39, 0.29) is 5.69 Å². The highest BCUT2D eigenvalue weighted by Gasteiger charge is 2.09. The fourth-order valence-electron chi connectivity index (χ4n) is 1.56. The maximum atomic E-state index is 10.8. The van der Waals surface area contributed by atoms with Crippen molar-refractivity contribution in [3.8, 4) is 0 Å². The number of anilines is 3. The molecule has 0 unspecified atom stereocenters. The first-order valence-electron chi connectivity index (χ1n) is 5.23. The van der Waals surface area contributed by atoms with Crippen molar-refractivity contribution in [2.24, 2.45) is 0 Å². The van der Waals surface area contributed by atoms with E-state index in [9.17, 15) is 10.1 Å². The molecule has 0 radical (unpaired) electrons. The zero-order valence-electron chi connectivity index (χ0n) is 9.56. The summed E-state index contributed by atoms with van der Waals surface area (Å²) in [6.07, 6.45) is 0. The first-order valence-corrected chi connectivity index (χ1v) is 6.40. The summed E-state index contributed by atoms with van der Waals surface area (Å²) in [7, 11) is 0. The highest BCUT2D eigenvalue weighted by Crippen LogP contribution is 2.30. The van der Waals surface area contributed by atoms with Gasteiger partial charge in [-0.05, 0) is 24.3 Å². The highest BCUT2D eigenvalue weighted by molar-refractivity contribution is 9.10. The lowest BCUT2D eigenvalue weighted by Gasteiger charge is -2.09. The molecule has 0 atom stereocenters. The molecule has 2 aromatic carbocycles. The first kappa shape index (κ1) is 13.6. The van der Waals surface area contributed by atoms with Gasteiger partial charge < -0.3 is 11.1 Å². The summed E-state index contributed by atoms with van der Waals surface area (Å²) in [6, 6.07) is 9.61. The molecule has 0 aliphatic rings. The zero-order valence-corrected chi connectivity index (χ0v) is 11.9. The third-order valence-corrected chi connectivity index (χ3v) is 3.17. The average Bonchev–Trinajstić information content (AvgIpc) is 2.32. The molecule has 0 amide bonds. The van der Waals surface area contributed by atoms with E-state index in [0.717, 1.165) is 4.47 Å². The number of nitro benzene ring substituents is 1. The average molecular weight is 343 g/mol. The topological polar surface area (TPSA) is 81.2 Å². The summed E-state index contributed by atoms with van der Waals surface area (Å²) in [4.78, 5) is 10.3. The van der Waals surface area contributed by atoms with Gasteiger partial charge >= 0.3 is 0 Å². The molecule has 19 heavy (non-hydrogen) atoms. The second kappa shape index (κ2) is 5.46. The molecule has 0 aliphatic heterocycles. The minimum atomic E-state index is -0.495. The van der Waals surface area contributed by atoms with Crippen molar-refractivity contribution >= 4 is 50.3 Å². The van der Waals surface area contributed by atoms with Crippen LogP contribution in [0.4, 0.5) is 22.7 Å². The quantitative estimate of drug-likeness (QED) is 0.494. The molecule has 0 aromatic heterocycles. The van der Waals surface area contributed by atoms with Crippen molar-refractivity contribution in [1.29, 1.82) is 0 Å². The Morgan fingerprint density at radius 3 is 2.63 bits per heavy atom. The molecule has 0 aliphatic carbocycles. The molecule has 2 aromatic rings. The van der Waals surface area contributed by atoms with Crippen LogP contribution in [0.5, 0.6) is 0 Å². The second-order valence-corrected chi connectivity index (χ2v) is 5.14. The van der Waals surface area contributed by atoms with Gasteiger partial charge in [0, 0.05) is 28.0 Å². The number of hydrogen-bond donors (Lipinski definition) is 2. The number of nitrogen functional groups attached to an aromatic ring is 1. The molecule has 5 nitrogen and oxygen atoms in total. The largest absolute Gasteiger partial charge is 0.398 e. The fraction of sp³-hybridized carbons (Fsp3) is 0. The molecule has 2 rings (SSSR count). The van der Waals surface area contributed by atoms with Crippen LogP contribution in [0.3, 0.4) is 0 Å². The monoisotopic (exact) mass is 341 g/mol.